The summed E-state index contributed by atoms with van der Waals surface area (Å²) >= 11 is 3.41. The summed E-state index contributed by atoms with van der Waals surface area (Å²) in [4.78, 5) is 12.9. The normalized spacial score (nSPS) is 12.4. The number of imidazole rings is 1. The van der Waals surface area contributed by atoms with Crippen molar-refractivity contribution in [2.24, 2.45) is 0 Å². The second-order valence-electron chi connectivity index (χ2n) is 5.27. The van der Waals surface area contributed by atoms with Crippen LogP contribution in [0.25, 0.3) is 17.0 Å². The maximum atomic E-state index is 5.80. The van der Waals surface area contributed by atoms with Gasteiger partial charge in [0.2, 0.25) is 5.88 Å². The van der Waals surface area contributed by atoms with Gasteiger partial charge in [-0.3, -0.25) is 4.98 Å². The summed E-state index contributed by atoms with van der Waals surface area (Å²) < 4.78 is 9.84. The van der Waals surface area contributed by atoms with Crippen LogP contribution in [0.15, 0.2) is 41.7 Å². The summed E-state index contributed by atoms with van der Waals surface area (Å²) in [5.41, 5.74) is 2.01. The average Bonchev–Trinajstić information content (AvgIpc) is 3.25. The molecule has 0 fully saturated rings. The zero-order valence-corrected chi connectivity index (χ0v) is 14.6. The van der Waals surface area contributed by atoms with Crippen LogP contribution in [-0.2, 0) is 6.54 Å². The molecule has 0 saturated heterocycles. The van der Waals surface area contributed by atoms with Crippen molar-refractivity contribution in [2.45, 2.75) is 19.6 Å². The van der Waals surface area contributed by atoms with E-state index in [0.717, 1.165) is 10.3 Å². The van der Waals surface area contributed by atoms with E-state index in [1.165, 1.54) is 6.33 Å². The Labute approximate surface area is 150 Å². The Kier molecular flexibility index (Phi) is 4.06. The van der Waals surface area contributed by atoms with E-state index < -0.39 is 0 Å². The highest BCUT2D eigenvalue weighted by atomic mass is 79.9. The van der Waals surface area contributed by atoms with E-state index in [0.29, 0.717) is 23.8 Å². The summed E-state index contributed by atoms with van der Waals surface area (Å²) in [7, 11) is 0. The smallest absolute Gasteiger partial charge is 0.233 e. The quantitative estimate of drug-likeness (QED) is 0.493. The number of hydrogen-bond donors (Lipinski definition) is 0. The fraction of sp³-hybridized carbons (Fsp3) is 0.214. The van der Waals surface area contributed by atoms with Gasteiger partial charge in [-0.25, -0.2) is 19.2 Å². The lowest BCUT2D eigenvalue weighted by Crippen LogP contribution is -2.20. The van der Waals surface area contributed by atoms with Gasteiger partial charge in [0, 0.05) is 0 Å². The number of fused-ring (bicyclic) bond motifs is 1. The van der Waals surface area contributed by atoms with Crippen molar-refractivity contribution in [3.8, 4) is 17.3 Å². The fourth-order valence-electron chi connectivity index (χ4n) is 2.28. The molecule has 0 amide bonds. The molecule has 0 aromatic carbocycles. The van der Waals surface area contributed by atoms with Crippen LogP contribution in [0.2, 0.25) is 0 Å². The van der Waals surface area contributed by atoms with Gasteiger partial charge in [-0.2, -0.15) is 5.10 Å². The molecule has 4 rings (SSSR count). The minimum Gasteiger partial charge on any atom is -0.472 e. The number of ether oxygens (including phenoxy) is 1. The summed E-state index contributed by atoms with van der Waals surface area (Å²) in [6, 6.07) is 3.70. The van der Waals surface area contributed by atoms with E-state index in [1.807, 2.05) is 19.1 Å². The number of nitrogens with zero attached hydrogens (tertiary/aromatic N) is 9. The van der Waals surface area contributed by atoms with Gasteiger partial charge in [-0.15, -0.1) is 5.10 Å². The SMILES string of the molecule is C[C@@H](Cn1cnnn1)Oc1cncc(-c2ccc3ncc(Br)n3n2)n1. The first kappa shape index (κ1) is 15.6. The highest BCUT2D eigenvalue weighted by molar-refractivity contribution is 9.10. The summed E-state index contributed by atoms with van der Waals surface area (Å²) in [5.74, 6) is 0.407. The molecule has 4 aromatic rings. The second-order valence-corrected chi connectivity index (χ2v) is 6.08. The molecule has 0 aliphatic rings. The predicted octanol–water partition coefficient (Wildman–Crippen LogP) is 1.40. The van der Waals surface area contributed by atoms with Crippen LogP contribution in [0.4, 0.5) is 0 Å². The van der Waals surface area contributed by atoms with Crippen molar-refractivity contribution >= 4 is 21.6 Å². The van der Waals surface area contributed by atoms with Gasteiger partial charge < -0.3 is 4.74 Å². The molecule has 0 aliphatic carbocycles. The first-order valence-corrected chi connectivity index (χ1v) is 8.18. The van der Waals surface area contributed by atoms with Crippen molar-refractivity contribution < 1.29 is 4.74 Å². The standard InChI is InChI=1S/C14H12BrN9O/c1-9(7-23-8-18-21-22-23)25-14-6-16-4-11(19-14)10-2-3-13-17-5-12(15)24(13)20-10/h2-6,8-9H,7H2,1H3/t9-/m0/s1. The van der Waals surface area contributed by atoms with Crippen molar-refractivity contribution in [1.82, 2.24) is 44.8 Å². The van der Waals surface area contributed by atoms with Gasteiger partial charge in [-0.05, 0) is 45.4 Å². The molecule has 0 radical (unpaired) electrons. The van der Waals surface area contributed by atoms with Crippen LogP contribution in [0.3, 0.4) is 0 Å². The van der Waals surface area contributed by atoms with Crippen LogP contribution in [-0.4, -0.2) is 50.9 Å². The van der Waals surface area contributed by atoms with Gasteiger partial charge in [-0.1, -0.05) is 0 Å². The average molecular weight is 402 g/mol. The third-order valence-corrected chi connectivity index (χ3v) is 3.89. The molecule has 0 bridgehead atoms. The van der Waals surface area contributed by atoms with Crippen molar-refractivity contribution in [2.75, 3.05) is 0 Å². The molecular weight excluding hydrogens is 390 g/mol. The van der Waals surface area contributed by atoms with E-state index >= 15 is 0 Å². The Morgan fingerprint density at radius 3 is 2.96 bits per heavy atom. The molecule has 0 unspecified atom stereocenters. The molecule has 0 aliphatic heterocycles. The number of rotatable bonds is 5. The molecule has 25 heavy (non-hydrogen) atoms. The maximum absolute atomic E-state index is 5.80. The minimum atomic E-state index is -0.175. The van der Waals surface area contributed by atoms with E-state index in [-0.39, 0.29) is 6.10 Å². The van der Waals surface area contributed by atoms with Gasteiger partial charge >= 0.3 is 0 Å². The van der Waals surface area contributed by atoms with Gasteiger partial charge in [0.05, 0.1) is 25.1 Å². The molecule has 0 saturated carbocycles. The maximum Gasteiger partial charge on any atom is 0.233 e. The fourth-order valence-corrected chi connectivity index (χ4v) is 2.64. The van der Waals surface area contributed by atoms with Gasteiger partial charge in [0.25, 0.3) is 0 Å². The summed E-state index contributed by atoms with van der Waals surface area (Å²) in [6.45, 7) is 2.41. The molecule has 0 N–H and O–H groups in total. The third kappa shape index (κ3) is 3.31. The monoisotopic (exact) mass is 401 g/mol. The van der Waals surface area contributed by atoms with E-state index in [9.17, 15) is 0 Å². The largest absolute Gasteiger partial charge is 0.472 e. The molecule has 126 valence electrons. The van der Waals surface area contributed by atoms with Gasteiger partial charge in [0.15, 0.2) is 5.65 Å². The Morgan fingerprint density at radius 2 is 2.12 bits per heavy atom. The Bertz CT molecular complexity index is 1000. The van der Waals surface area contributed by atoms with Crippen molar-refractivity contribution in [3.63, 3.8) is 0 Å². The second kappa shape index (κ2) is 6.51. The molecule has 11 heteroatoms. The molecule has 1 atom stereocenters. The van der Waals surface area contributed by atoms with Gasteiger partial charge in [0.1, 0.15) is 28.4 Å². The first-order valence-electron chi connectivity index (χ1n) is 7.39. The number of tetrazole rings is 1. The number of halogens is 1. The zero-order valence-electron chi connectivity index (χ0n) is 13.1. The summed E-state index contributed by atoms with van der Waals surface area (Å²) in [6.07, 6.45) is 6.25. The minimum absolute atomic E-state index is 0.175. The zero-order chi connectivity index (χ0) is 17.2. The lowest BCUT2D eigenvalue weighted by Gasteiger charge is -2.13. The lowest BCUT2D eigenvalue weighted by molar-refractivity contribution is 0.185. The highest BCUT2D eigenvalue weighted by Gasteiger charge is 2.11. The van der Waals surface area contributed by atoms with E-state index in [2.05, 4.69) is 51.5 Å². The number of hydrogen-bond acceptors (Lipinski definition) is 8. The Hall–Kier alpha value is -2.95. The molecule has 0 spiro atoms. The van der Waals surface area contributed by atoms with E-state index in [4.69, 9.17) is 4.74 Å². The molecule has 10 nitrogen and oxygen atoms in total. The molecule has 4 aromatic heterocycles. The topological polar surface area (TPSA) is 109 Å². The van der Waals surface area contributed by atoms with Crippen LogP contribution in [0.5, 0.6) is 5.88 Å². The number of aromatic nitrogens is 9. The highest BCUT2D eigenvalue weighted by Crippen LogP contribution is 2.19. The Balaban J connectivity index is 1.56. The van der Waals surface area contributed by atoms with Crippen molar-refractivity contribution in [3.05, 3.63) is 41.7 Å². The molecule has 4 heterocycles. The third-order valence-electron chi connectivity index (χ3n) is 3.35. The van der Waals surface area contributed by atoms with Crippen molar-refractivity contribution in [1.29, 1.82) is 0 Å². The lowest BCUT2D eigenvalue weighted by atomic mass is 10.3. The van der Waals surface area contributed by atoms with Crippen LogP contribution < -0.4 is 4.74 Å². The predicted molar refractivity (Wildman–Crippen MR) is 89.6 cm³/mol. The summed E-state index contributed by atoms with van der Waals surface area (Å²) in [5, 5.41) is 15.5. The Morgan fingerprint density at radius 1 is 1.20 bits per heavy atom. The van der Waals surface area contributed by atoms with Crippen LogP contribution >= 0.6 is 15.9 Å². The van der Waals surface area contributed by atoms with E-state index in [1.54, 1.807) is 27.8 Å². The van der Waals surface area contributed by atoms with Crippen LogP contribution in [0, 0.1) is 0 Å². The van der Waals surface area contributed by atoms with Crippen LogP contribution in [0.1, 0.15) is 6.92 Å². The molecular formula is C14H12BrN9O. The first-order chi connectivity index (χ1) is 12.2.